The molecule has 2 amide bonds. The fourth-order valence-electron chi connectivity index (χ4n) is 5.56. The lowest BCUT2D eigenvalue weighted by Gasteiger charge is -2.45. The van der Waals surface area contributed by atoms with Crippen molar-refractivity contribution in [2.24, 2.45) is 0 Å². The molecule has 34 heavy (non-hydrogen) atoms. The van der Waals surface area contributed by atoms with Crippen LogP contribution in [0.15, 0.2) is 36.4 Å². The summed E-state index contributed by atoms with van der Waals surface area (Å²) in [4.78, 5) is 15.0. The molecule has 2 fully saturated rings. The van der Waals surface area contributed by atoms with Crippen molar-refractivity contribution >= 4 is 23.3 Å². The molecule has 0 aromatic heterocycles. The molecule has 2 N–H and O–H groups in total. The lowest BCUT2D eigenvalue weighted by atomic mass is 9.65. The van der Waals surface area contributed by atoms with Gasteiger partial charge < -0.3 is 20.1 Å². The van der Waals surface area contributed by atoms with Crippen molar-refractivity contribution in [3.05, 3.63) is 53.6 Å². The van der Waals surface area contributed by atoms with Crippen LogP contribution in [0.2, 0.25) is 0 Å². The number of fused-ring (bicyclic) bond motifs is 1. The number of alkyl halides is 1. The average molecular weight is 494 g/mol. The Hall–Kier alpha value is -2.58. The largest absolute Gasteiger partial charge is 0.493 e. The summed E-state index contributed by atoms with van der Waals surface area (Å²) in [6.07, 6.45) is 3.45. The Kier molecular flexibility index (Phi) is 7.48. The van der Waals surface area contributed by atoms with Crippen molar-refractivity contribution in [1.29, 1.82) is 0 Å². The molecule has 1 aliphatic carbocycles. The number of nitrogens with one attached hydrogen (secondary N) is 2. The maximum Gasteiger partial charge on any atom is 0.319 e. The molecule has 0 radical (unpaired) electrons. The monoisotopic (exact) mass is 493 g/mol. The first-order valence-electron chi connectivity index (χ1n) is 11.5. The SMILES string of the molecule is COc1ccc([C@@]23CC[C@@H](NC(=O)Nc4ccc(F)c(F)c4)C[C@@H]2N(CCCl)CC3)cc1OC. The zero-order valence-corrected chi connectivity index (χ0v) is 20.1. The number of methoxy groups -OCH3 is 2. The normalized spacial score (nSPS) is 24.4. The highest BCUT2D eigenvalue weighted by Gasteiger charge is 2.51. The van der Waals surface area contributed by atoms with Crippen molar-refractivity contribution in [2.45, 2.75) is 43.2 Å². The first-order valence-corrected chi connectivity index (χ1v) is 12.0. The Bertz CT molecular complexity index is 1040. The summed E-state index contributed by atoms with van der Waals surface area (Å²) in [5.41, 5.74) is 1.34. The number of anilines is 1. The Morgan fingerprint density at radius 1 is 1.12 bits per heavy atom. The average Bonchev–Trinajstić information content (AvgIpc) is 3.20. The van der Waals surface area contributed by atoms with Gasteiger partial charge in [-0.2, -0.15) is 0 Å². The van der Waals surface area contributed by atoms with E-state index in [4.69, 9.17) is 21.1 Å². The van der Waals surface area contributed by atoms with E-state index < -0.39 is 17.7 Å². The predicted octanol–water partition coefficient (Wildman–Crippen LogP) is 4.91. The first-order chi connectivity index (χ1) is 16.4. The summed E-state index contributed by atoms with van der Waals surface area (Å²) in [5, 5.41) is 5.62. The zero-order chi connectivity index (χ0) is 24.3. The van der Waals surface area contributed by atoms with Gasteiger partial charge in [-0.25, -0.2) is 13.6 Å². The molecule has 4 rings (SSSR count). The maximum absolute atomic E-state index is 13.5. The molecule has 1 saturated heterocycles. The molecule has 2 aromatic rings. The molecule has 9 heteroatoms. The minimum absolute atomic E-state index is 0.0560. The highest BCUT2D eigenvalue weighted by atomic mass is 35.5. The highest BCUT2D eigenvalue weighted by Crippen LogP contribution is 2.50. The Labute approximate surface area is 203 Å². The first kappa shape index (κ1) is 24.5. The minimum Gasteiger partial charge on any atom is -0.493 e. The van der Waals surface area contributed by atoms with Crippen LogP contribution in [-0.4, -0.2) is 56.2 Å². The van der Waals surface area contributed by atoms with E-state index in [0.717, 1.165) is 50.9 Å². The fraction of sp³-hybridized carbons (Fsp3) is 0.480. The molecule has 184 valence electrons. The van der Waals surface area contributed by atoms with E-state index in [2.05, 4.69) is 27.7 Å². The van der Waals surface area contributed by atoms with E-state index in [1.54, 1.807) is 14.2 Å². The van der Waals surface area contributed by atoms with Crippen LogP contribution in [0.1, 0.15) is 31.2 Å². The Morgan fingerprint density at radius 2 is 1.91 bits per heavy atom. The van der Waals surface area contributed by atoms with Crippen molar-refractivity contribution in [1.82, 2.24) is 10.2 Å². The highest BCUT2D eigenvalue weighted by molar-refractivity contribution is 6.18. The number of likely N-dealkylation sites (tertiary alicyclic amines) is 1. The van der Waals surface area contributed by atoms with E-state index in [1.807, 2.05) is 6.07 Å². The van der Waals surface area contributed by atoms with E-state index in [0.29, 0.717) is 17.4 Å². The van der Waals surface area contributed by atoms with Crippen LogP contribution in [0, 0.1) is 11.6 Å². The molecule has 6 nitrogen and oxygen atoms in total. The molecule has 1 heterocycles. The molecule has 2 aromatic carbocycles. The molecular formula is C25H30ClF2N3O3. The number of nitrogens with zero attached hydrogens (tertiary/aromatic N) is 1. The molecular weight excluding hydrogens is 464 g/mol. The summed E-state index contributed by atoms with van der Waals surface area (Å²) < 4.78 is 37.6. The van der Waals surface area contributed by atoms with Crippen LogP contribution < -0.4 is 20.1 Å². The van der Waals surface area contributed by atoms with Gasteiger partial charge in [-0.1, -0.05) is 6.07 Å². The smallest absolute Gasteiger partial charge is 0.319 e. The molecule has 0 spiro atoms. The van der Waals surface area contributed by atoms with Crippen molar-refractivity contribution in [3.8, 4) is 11.5 Å². The fourth-order valence-corrected chi connectivity index (χ4v) is 5.78. The van der Waals surface area contributed by atoms with Crippen LogP contribution in [0.5, 0.6) is 11.5 Å². The summed E-state index contributed by atoms with van der Waals surface area (Å²) in [6, 6.07) is 9.14. The van der Waals surface area contributed by atoms with E-state index in [9.17, 15) is 13.6 Å². The van der Waals surface area contributed by atoms with Gasteiger partial charge in [-0.05, 0) is 62.1 Å². The summed E-state index contributed by atoms with van der Waals surface area (Å²) >= 11 is 6.11. The number of ether oxygens (including phenoxy) is 2. The van der Waals surface area contributed by atoms with Gasteiger partial charge in [0.2, 0.25) is 0 Å². The third-order valence-corrected chi connectivity index (χ3v) is 7.38. The van der Waals surface area contributed by atoms with E-state index in [-0.39, 0.29) is 23.2 Å². The molecule has 1 aliphatic heterocycles. The summed E-state index contributed by atoms with van der Waals surface area (Å²) in [6.45, 7) is 1.70. The van der Waals surface area contributed by atoms with Crippen LogP contribution >= 0.6 is 11.6 Å². The molecule has 0 bridgehead atoms. The molecule has 0 unspecified atom stereocenters. The van der Waals surface area contributed by atoms with Crippen LogP contribution in [-0.2, 0) is 5.41 Å². The van der Waals surface area contributed by atoms with Crippen molar-refractivity contribution in [2.75, 3.05) is 38.5 Å². The molecule has 3 atom stereocenters. The van der Waals surface area contributed by atoms with Crippen molar-refractivity contribution in [3.63, 3.8) is 0 Å². The Morgan fingerprint density at radius 3 is 2.62 bits per heavy atom. The second-order valence-corrected chi connectivity index (χ2v) is 9.29. The number of amides is 2. The lowest BCUT2D eigenvalue weighted by Crippen LogP contribution is -2.53. The molecule has 2 aliphatic rings. The second-order valence-electron chi connectivity index (χ2n) is 8.92. The van der Waals surface area contributed by atoms with Gasteiger partial charge in [0.25, 0.3) is 0 Å². The number of benzene rings is 2. The van der Waals surface area contributed by atoms with Crippen LogP contribution in [0.4, 0.5) is 19.3 Å². The quantitative estimate of drug-likeness (QED) is 0.538. The Balaban J connectivity index is 1.51. The van der Waals surface area contributed by atoms with E-state index in [1.165, 1.54) is 11.6 Å². The summed E-state index contributed by atoms with van der Waals surface area (Å²) in [5.74, 6) is -0.0231. The number of halogens is 3. The maximum atomic E-state index is 13.5. The number of carbonyl (C=O) groups is 1. The summed E-state index contributed by atoms with van der Waals surface area (Å²) in [7, 11) is 3.26. The van der Waals surface area contributed by atoms with Gasteiger partial charge in [0, 0.05) is 41.7 Å². The van der Waals surface area contributed by atoms with Gasteiger partial charge in [0.05, 0.1) is 14.2 Å². The number of hydrogen-bond acceptors (Lipinski definition) is 4. The predicted molar refractivity (Wildman–Crippen MR) is 128 cm³/mol. The minimum atomic E-state index is -1.00. The van der Waals surface area contributed by atoms with Crippen molar-refractivity contribution < 1.29 is 23.0 Å². The van der Waals surface area contributed by atoms with Gasteiger partial charge in [-0.15, -0.1) is 11.6 Å². The zero-order valence-electron chi connectivity index (χ0n) is 19.4. The van der Waals surface area contributed by atoms with Gasteiger partial charge in [0.15, 0.2) is 23.1 Å². The van der Waals surface area contributed by atoms with Crippen LogP contribution in [0.3, 0.4) is 0 Å². The lowest BCUT2D eigenvalue weighted by molar-refractivity contribution is 0.141. The van der Waals surface area contributed by atoms with Gasteiger partial charge in [-0.3, -0.25) is 4.90 Å². The van der Waals surface area contributed by atoms with E-state index >= 15 is 0 Å². The second kappa shape index (κ2) is 10.4. The standard InChI is InChI=1S/C25H30ClF2N3O3/c1-33-21-6-3-16(13-22(21)34-2)25-8-7-18(15-23(25)31(11-9-25)12-10-26)30-24(32)29-17-4-5-19(27)20(28)14-17/h3-6,13-14,18,23H,7-12,15H2,1-2H3,(H2,29,30,32)/t18-,23+,25+/m1/s1. The van der Waals surface area contributed by atoms with Gasteiger partial charge in [0.1, 0.15) is 0 Å². The van der Waals surface area contributed by atoms with Crippen LogP contribution in [0.25, 0.3) is 0 Å². The number of urea groups is 1. The van der Waals surface area contributed by atoms with Gasteiger partial charge >= 0.3 is 6.03 Å². The number of hydrogen-bond donors (Lipinski definition) is 2. The topological polar surface area (TPSA) is 62.8 Å². The third-order valence-electron chi connectivity index (χ3n) is 7.21. The molecule has 1 saturated carbocycles. The third kappa shape index (κ3) is 4.79. The number of rotatable bonds is 7. The number of carbonyl (C=O) groups excluding carboxylic acids is 1.